The van der Waals surface area contributed by atoms with E-state index < -0.39 is 0 Å². The fraction of sp³-hybridized carbons (Fsp3) is 0.333. The van der Waals surface area contributed by atoms with Gasteiger partial charge in [-0.3, -0.25) is 0 Å². The van der Waals surface area contributed by atoms with Crippen molar-refractivity contribution in [2.75, 3.05) is 19.8 Å². The highest BCUT2D eigenvalue weighted by molar-refractivity contribution is 5.85. The van der Waals surface area contributed by atoms with E-state index in [1.165, 1.54) is 0 Å². The third kappa shape index (κ3) is 3.01. The van der Waals surface area contributed by atoms with Crippen molar-refractivity contribution in [2.45, 2.75) is 0 Å². The van der Waals surface area contributed by atoms with Gasteiger partial charge in [0.05, 0.1) is 6.67 Å². The number of halogens is 1. The van der Waals surface area contributed by atoms with Crippen LogP contribution in [-0.2, 0) is 0 Å². The van der Waals surface area contributed by atoms with Crippen molar-refractivity contribution in [2.24, 2.45) is 0 Å². The van der Waals surface area contributed by atoms with Gasteiger partial charge >= 0.3 is 0 Å². The van der Waals surface area contributed by atoms with Crippen LogP contribution < -0.4 is 0 Å². The van der Waals surface area contributed by atoms with Gasteiger partial charge in [0.25, 0.3) is 0 Å². The second-order valence-electron chi connectivity index (χ2n) is 2.56. The Labute approximate surface area is 80.3 Å². The van der Waals surface area contributed by atoms with E-state index in [1.807, 2.05) is 12.2 Å². The topological polar surface area (TPSA) is 6.48 Å². The summed E-state index contributed by atoms with van der Waals surface area (Å²) in [6, 6.07) is 0. The van der Waals surface area contributed by atoms with E-state index in [-0.39, 0.29) is 12.4 Å². The van der Waals surface area contributed by atoms with E-state index in [0.717, 1.165) is 19.8 Å². The van der Waals surface area contributed by atoms with Gasteiger partial charge in [0.15, 0.2) is 0 Å². The zero-order valence-electron chi connectivity index (χ0n) is 7.15. The highest BCUT2D eigenvalue weighted by Gasteiger charge is 2.07. The molecular weight excluding hydrogens is 172 g/mol. The van der Waals surface area contributed by atoms with Crippen LogP contribution in [0.2, 0.25) is 0 Å². The van der Waals surface area contributed by atoms with Crippen molar-refractivity contribution in [1.29, 1.82) is 0 Å². The number of hydrogen-bond acceptors (Lipinski definition) is 2. The summed E-state index contributed by atoms with van der Waals surface area (Å²) in [6.07, 6.45) is 7.96. The van der Waals surface area contributed by atoms with E-state index in [1.54, 1.807) is 0 Å². The summed E-state index contributed by atoms with van der Waals surface area (Å²) >= 11 is 0. The first-order valence-corrected chi connectivity index (χ1v) is 3.75. The number of rotatable bonds is 4. The molecule has 1 heterocycles. The molecule has 0 fully saturated rings. The normalized spacial score (nSPS) is 14.3. The average Bonchev–Trinajstić information content (AvgIpc) is 2.38. The van der Waals surface area contributed by atoms with Gasteiger partial charge in [-0.15, -0.1) is 25.6 Å². The maximum atomic E-state index is 3.68. The van der Waals surface area contributed by atoms with Crippen molar-refractivity contribution in [3.05, 3.63) is 37.7 Å². The largest absolute Gasteiger partial charge is 0.355 e. The smallest absolute Gasteiger partial charge is 0.0900 e. The summed E-state index contributed by atoms with van der Waals surface area (Å²) in [5, 5.41) is 0. The average molecular weight is 187 g/mol. The van der Waals surface area contributed by atoms with Crippen LogP contribution in [0.1, 0.15) is 0 Å². The van der Waals surface area contributed by atoms with Gasteiger partial charge in [0.2, 0.25) is 0 Å². The number of nitrogens with zero attached hydrogens (tertiary/aromatic N) is 2. The Balaban J connectivity index is 0.00000121. The molecule has 1 aliphatic rings. The van der Waals surface area contributed by atoms with Crippen molar-refractivity contribution in [3.63, 3.8) is 0 Å². The summed E-state index contributed by atoms with van der Waals surface area (Å²) in [6.45, 7) is 10.2. The Bertz CT molecular complexity index is 159. The lowest BCUT2D eigenvalue weighted by atomic mass is 10.5. The zero-order chi connectivity index (χ0) is 8.10. The van der Waals surface area contributed by atoms with E-state index >= 15 is 0 Å². The molecular formula is C9H15ClN2. The third-order valence-corrected chi connectivity index (χ3v) is 1.58. The van der Waals surface area contributed by atoms with Crippen LogP contribution >= 0.6 is 12.4 Å². The molecule has 0 unspecified atom stereocenters. The molecule has 0 amide bonds. The molecule has 0 radical (unpaired) electrons. The maximum Gasteiger partial charge on any atom is 0.0900 e. The van der Waals surface area contributed by atoms with Crippen molar-refractivity contribution in [3.8, 4) is 0 Å². The van der Waals surface area contributed by atoms with Gasteiger partial charge in [0.1, 0.15) is 0 Å². The fourth-order valence-electron chi connectivity index (χ4n) is 1.08. The molecule has 1 aliphatic heterocycles. The van der Waals surface area contributed by atoms with Crippen LogP contribution in [0, 0.1) is 0 Å². The van der Waals surface area contributed by atoms with Gasteiger partial charge in [-0.1, -0.05) is 12.2 Å². The predicted molar refractivity (Wildman–Crippen MR) is 55.1 cm³/mol. The Hall–Kier alpha value is -0.890. The molecule has 1 rings (SSSR count). The highest BCUT2D eigenvalue weighted by Crippen LogP contribution is 2.04. The molecule has 0 aliphatic carbocycles. The van der Waals surface area contributed by atoms with Crippen LogP contribution in [0.3, 0.4) is 0 Å². The lowest BCUT2D eigenvalue weighted by molar-refractivity contribution is 0.300. The van der Waals surface area contributed by atoms with Gasteiger partial charge in [0, 0.05) is 25.5 Å². The second-order valence-corrected chi connectivity index (χ2v) is 2.56. The van der Waals surface area contributed by atoms with E-state index in [0.29, 0.717) is 0 Å². The summed E-state index contributed by atoms with van der Waals surface area (Å²) in [4.78, 5) is 4.38. The molecule has 0 spiro atoms. The maximum absolute atomic E-state index is 3.68. The molecule has 0 saturated carbocycles. The molecule has 0 N–H and O–H groups in total. The van der Waals surface area contributed by atoms with Crippen LogP contribution in [0.15, 0.2) is 37.7 Å². The van der Waals surface area contributed by atoms with Crippen molar-refractivity contribution in [1.82, 2.24) is 9.80 Å². The Kier molecular flexibility index (Phi) is 5.30. The fourth-order valence-corrected chi connectivity index (χ4v) is 1.08. The van der Waals surface area contributed by atoms with Crippen molar-refractivity contribution >= 4 is 12.4 Å². The Morgan fingerprint density at radius 3 is 1.83 bits per heavy atom. The monoisotopic (exact) mass is 186 g/mol. The quantitative estimate of drug-likeness (QED) is 0.619. The van der Waals surface area contributed by atoms with E-state index in [9.17, 15) is 0 Å². The minimum Gasteiger partial charge on any atom is -0.355 e. The lowest BCUT2D eigenvalue weighted by Crippen LogP contribution is -2.25. The highest BCUT2D eigenvalue weighted by atomic mass is 35.5. The molecule has 0 atom stereocenters. The molecule has 0 aromatic carbocycles. The Morgan fingerprint density at radius 2 is 1.50 bits per heavy atom. The van der Waals surface area contributed by atoms with E-state index in [4.69, 9.17) is 0 Å². The Morgan fingerprint density at radius 1 is 1.08 bits per heavy atom. The molecule has 2 nitrogen and oxygen atoms in total. The summed E-state index contributed by atoms with van der Waals surface area (Å²) in [5.41, 5.74) is 0. The first kappa shape index (κ1) is 11.1. The predicted octanol–water partition coefficient (Wildman–Crippen LogP) is 1.83. The minimum atomic E-state index is 0. The lowest BCUT2D eigenvalue weighted by Gasteiger charge is -2.18. The first-order chi connectivity index (χ1) is 5.36. The van der Waals surface area contributed by atoms with Gasteiger partial charge < -0.3 is 9.80 Å². The van der Waals surface area contributed by atoms with Crippen LogP contribution in [-0.4, -0.2) is 29.6 Å². The minimum absolute atomic E-state index is 0. The van der Waals surface area contributed by atoms with Crippen LogP contribution in [0.25, 0.3) is 0 Å². The van der Waals surface area contributed by atoms with E-state index in [2.05, 4.69) is 35.4 Å². The van der Waals surface area contributed by atoms with Crippen LogP contribution in [0.4, 0.5) is 0 Å². The zero-order valence-corrected chi connectivity index (χ0v) is 7.96. The van der Waals surface area contributed by atoms with Gasteiger partial charge in [-0.05, 0) is 0 Å². The SMILES string of the molecule is C=CCN1C=CN(CC=C)C1.Cl. The molecule has 0 aromatic rings. The standard InChI is InChI=1S/C9H14N2.ClH/c1-3-5-10-7-8-11(9-10)6-4-2;/h3-4,7-8H,1-2,5-6,9H2;1H. The molecule has 68 valence electrons. The molecule has 0 aromatic heterocycles. The third-order valence-electron chi connectivity index (χ3n) is 1.58. The van der Waals surface area contributed by atoms with Gasteiger partial charge in [-0.2, -0.15) is 0 Å². The molecule has 12 heavy (non-hydrogen) atoms. The summed E-state index contributed by atoms with van der Waals surface area (Å²) < 4.78 is 0. The van der Waals surface area contributed by atoms with Gasteiger partial charge in [-0.25, -0.2) is 0 Å². The molecule has 0 bridgehead atoms. The first-order valence-electron chi connectivity index (χ1n) is 3.75. The van der Waals surface area contributed by atoms with Crippen LogP contribution in [0.5, 0.6) is 0 Å². The molecule has 3 heteroatoms. The summed E-state index contributed by atoms with van der Waals surface area (Å²) in [5.74, 6) is 0. The molecule has 0 saturated heterocycles. The second kappa shape index (κ2) is 5.72. The number of hydrogen-bond donors (Lipinski definition) is 0. The van der Waals surface area contributed by atoms with Crippen molar-refractivity contribution < 1.29 is 0 Å². The summed E-state index contributed by atoms with van der Waals surface area (Å²) in [7, 11) is 0.